The van der Waals surface area contributed by atoms with Gasteiger partial charge < -0.3 is 19.5 Å². The van der Waals surface area contributed by atoms with Crippen molar-refractivity contribution in [3.63, 3.8) is 0 Å². The Morgan fingerprint density at radius 3 is 2.57 bits per heavy atom. The molecule has 6 nitrogen and oxygen atoms in total. The summed E-state index contributed by atoms with van der Waals surface area (Å²) in [6.45, 7) is 8.47. The van der Waals surface area contributed by atoms with Crippen LogP contribution < -0.4 is 5.32 Å². The number of allylic oxidation sites excluding steroid dienone is 3. The summed E-state index contributed by atoms with van der Waals surface area (Å²) in [6.07, 6.45) is 12.1. The molecule has 1 aromatic rings. The van der Waals surface area contributed by atoms with Crippen LogP contribution in [0.2, 0.25) is 0 Å². The zero-order valence-electron chi connectivity index (χ0n) is 22.7. The molecule has 6 heteroatoms. The van der Waals surface area contributed by atoms with E-state index in [4.69, 9.17) is 14.2 Å². The Hall–Kier alpha value is -2.96. The lowest BCUT2D eigenvalue weighted by Crippen LogP contribution is -2.48. The number of likely N-dealkylation sites (N-methyl/N-ethyl adjacent to an activating group) is 1. The molecule has 3 aliphatic rings. The molecular formula is C31H39NO5. The molecular weight excluding hydrogens is 466 g/mol. The SMILES string of the molecule is CNC(=O)/C1=C/[C@@H]2[C@@H](C(C)C)CC=C(C)[C@@H]2C[C@H](OC(=O)/C=C/c2ccccc2)[C@]2(C)C=C[C@@]1(OC)O2. The van der Waals surface area contributed by atoms with E-state index in [1.54, 1.807) is 19.2 Å². The van der Waals surface area contributed by atoms with Crippen molar-refractivity contribution in [2.75, 3.05) is 14.2 Å². The number of hydrogen-bond donors (Lipinski definition) is 1. The van der Waals surface area contributed by atoms with Crippen LogP contribution in [0.4, 0.5) is 0 Å². The van der Waals surface area contributed by atoms with Gasteiger partial charge in [-0.2, -0.15) is 0 Å². The number of benzene rings is 1. The molecule has 1 N–H and O–H groups in total. The molecule has 2 heterocycles. The van der Waals surface area contributed by atoms with Crippen molar-refractivity contribution in [3.8, 4) is 0 Å². The van der Waals surface area contributed by atoms with Crippen molar-refractivity contribution in [1.82, 2.24) is 5.32 Å². The number of ether oxygens (including phenoxy) is 3. The zero-order chi connectivity index (χ0) is 26.8. The lowest BCUT2D eigenvalue weighted by Gasteiger charge is -2.41. The van der Waals surface area contributed by atoms with Gasteiger partial charge in [0.25, 0.3) is 5.91 Å². The van der Waals surface area contributed by atoms with E-state index < -0.39 is 23.5 Å². The van der Waals surface area contributed by atoms with Crippen LogP contribution in [-0.4, -0.2) is 43.5 Å². The van der Waals surface area contributed by atoms with E-state index in [1.807, 2.05) is 43.3 Å². The second-order valence-electron chi connectivity index (χ2n) is 10.8. The number of hydrogen-bond acceptors (Lipinski definition) is 5. The van der Waals surface area contributed by atoms with E-state index in [1.165, 1.54) is 18.8 Å². The molecule has 0 spiro atoms. The third-order valence-electron chi connectivity index (χ3n) is 8.20. The van der Waals surface area contributed by atoms with E-state index in [-0.39, 0.29) is 17.7 Å². The monoisotopic (exact) mass is 505 g/mol. The highest BCUT2D eigenvalue weighted by atomic mass is 16.7. The first kappa shape index (κ1) is 27.1. The average Bonchev–Trinajstić information content (AvgIpc) is 3.26. The summed E-state index contributed by atoms with van der Waals surface area (Å²) in [4.78, 5) is 26.3. The summed E-state index contributed by atoms with van der Waals surface area (Å²) < 4.78 is 18.6. The van der Waals surface area contributed by atoms with Crippen molar-refractivity contribution in [2.45, 2.75) is 58.0 Å². The second kappa shape index (κ2) is 10.8. The molecule has 2 bridgehead atoms. The van der Waals surface area contributed by atoms with E-state index in [9.17, 15) is 9.59 Å². The fourth-order valence-corrected chi connectivity index (χ4v) is 5.95. The van der Waals surface area contributed by atoms with Gasteiger partial charge in [-0.05, 0) is 74.2 Å². The van der Waals surface area contributed by atoms with Gasteiger partial charge in [0.15, 0.2) is 0 Å². The van der Waals surface area contributed by atoms with Crippen LogP contribution in [0.3, 0.4) is 0 Å². The van der Waals surface area contributed by atoms with E-state index in [0.717, 1.165) is 12.0 Å². The molecule has 1 amide bonds. The molecule has 0 saturated carbocycles. The molecule has 1 aliphatic carbocycles. The number of rotatable bonds is 6. The first-order valence-corrected chi connectivity index (χ1v) is 13.1. The maximum absolute atomic E-state index is 13.2. The van der Waals surface area contributed by atoms with E-state index in [2.05, 4.69) is 38.2 Å². The topological polar surface area (TPSA) is 73.9 Å². The van der Waals surface area contributed by atoms with Crippen LogP contribution in [0.5, 0.6) is 0 Å². The van der Waals surface area contributed by atoms with Gasteiger partial charge in [0.2, 0.25) is 5.79 Å². The lowest BCUT2D eigenvalue weighted by atomic mass is 9.65. The highest BCUT2D eigenvalue weighted by Crippen LogP contribution is 2.49. The molecule has 0 saturated heterocycles. The summed E-state index contributed by atoms with van der Waals surface area (Å²) in [6, 6.07) is 9.64. The molecule has 37 heavy (non-hydrogen) atoms. The van der Waals surface area contributed by atoms with Crippen LogP contribution in [-0.2, 0) is 23.8 Å². The maximum atomic E-state index is 13.2. The third-order valence-corrected chi connectivity index (χ3v) is 8.20. The van der Waals surface area contributed by atoms with Crippen molar-refractivity contribution < 1.29 is 23.8 Å². The molecule has 6 atom stereocenters. The van der Waals surface area contributed by atoms with Crippen molar-refractivity contribution in [3.05, 3.63) is 77.4 Å². The van der Waals surface area contributed by atoms with Gasteiger partial charge in [0, 0.05) is 20.2 Å². The predicted octanol–water partition coefficient (Wildman–Crippen LogP) is 5.23. The van der Waals surface area contributed by atoms with Gasteiger partial charge in [-0.3, -0.25) is 4.79 Å². The van der Waals surface area contributed by atoms with E-state index in [0.29, 0.717) is 23.8 Å². The van der Waals surface area contributed by atoms with Crippen molar-refractivity contribution >= 4 is 18.0 Å². The minimum atomic E-state index is -1.37. The Morgan fingerprint density at radius 2 is 1.92 bits per heavy atom. The highest BCUT2D eigenvalue weighted by molar-refractivity contribution is 5.95. The minimum Gasteiger partial charge on any atom is -0.456 e. The molecule has 0 radical (unpaired) electrons. The Labute approximate surface area is 220 Å². The van der Waals surface area contributed by atoms with Gasteiger partial charge >= 0.3 is 5.97 Å². The Balaban J connectivity index is 1.76. The number of amides is 1. The summed E-state index contributed by atoms with van der Waals surface area (Å²) >= 11 is 0. The van der Waals surface area contributed by atoms with Crippen LogP contribution >= 0.6 is 0 Å². The van der Waals surface area contributed by atoms with Crippen molar-refractivity contribution in [1.29, 1.82) is 0 Å². The molecule has 2 aliphatic heterocycles. The zero-order valence-corrected chi connectivity index (χ0v) is 22.7. The fraction of sp³-hybridized carbons (Fsp3) is 0.484. The second-order valence-corrected chi connectivity index (χ2v) is 10.8. The summed E-state index contributed by atoms with van der Waals surface area (Å²) in [5.74, 6) is -1.18. The number of fused-ring (bicyclic) bond motifs is 3. The number of carbonyl (C=O) groups is 2. The Kier molecular flexibility index (Phi) is 7.91. The molecule has 0 aromatic heterocycles. The number of nitrogens with one attached hydrogen (secondary N) is 1. The standard InChI is InChI=1S/C31H39NO5/c1-20(2)23-14-12-21(3)24-19-27(36-28(33)15-13-22-10-8-7-9-11-22)30(4)16-17-31(35-6,37-30)26(18-25(23)24)29(34)32-5/h7-13,15-18,20,23-25,27H,14,19H2,1-6H3,(H,32,34)/b15-13+,26-18-/t23-,24+,25-,27+,30+,31-/m1/s1. The number of methoxy groups -OCH3 is 1. The summed E-state index contributed by atoms with van der Waals surface area (Å²) in [7, 11) is 3.15. The van der Waals surface area contributed by atoms with Crippen LogP contribution in [0, 0.1) is 23.7 Å². The quantitative estimate of drug-likeness (QED) is 0.326. The van der Waals surface area contributed by atoms with Gasteiger partial charge in [-0.25, -0.2) is 4.79 Å². The average molecular weight is 506 g/mol. The van der Waals surface area contributed by atoms with Crippen LogP contribution in [0.25, 0.3) is 6.08 Å². The van der Waals surface area contributed by atoms with Gasteiger partial charge in [0.1, 0.15) is 11.7 Å². The first-order chi connectivity index (χ1) is 17.6. The molecule has 0 fully saturated rings. The van der Waals surface area contributed by atoms with E-state index >= 15 is 0 Å². The number of carbonyl (C=O) groups excluding carboxylic acids is 2. The highest BCUT2D eigenvalue weighted by Gasteiger charge is 2.54. The number of esters is 1. The molecule has 4 rings (SSSR count). The summed E-state index contributed by atoms with van der Waals surface area (Å²) in [5.41, 5.74) is 1.61. The predicted molar refractivity (Wildman–Crippen MR) is 144 cm³/mol. The molecule has 1 aromatic carbocycles. The van der Waals surface area contributed by atoms with Gasteiger partial charge in [-0.15, -0.1) is 0 Å². The Morgan fingerprint density at radius 1 is 1.19 bits per heavy atom. The third kappa shape index (κ3) is 5.36. The normalized spacial score (nSPS) is 34.6. The maximum Gasteiger partial charge on any atom is 0.331 e. The van der Waals surface area contributed by atoms with Gasteiger partial charge in [-0.1, -0.05) is 61.9 Å². The molecule has 0 unspecified atom stereocenters. The summed E-state index contributed by atoms with van der Waals surface area (Å²) in [5, 5.41) is 2.77. The first-order valence-electron chi connectivity index (χ1n) is 13.1. The smallest absolute Gasteiger partial charge is 0.331 e. The van der Waals surface area contributed by atoms with Gasteiger partial charge in [0.05, 0.1) is 5.57 Å². The van der Waals surface area contributed by atoms with Crippen LogP contribution in [0.15, 0.2) is 71.9 Å². The molecule has 198 valence electrons. The van der Waals surface area contributed by atoms with Crippen molar-refractivity contribution in [2.24, 2.45) is 23.7 Å². The fourth-order valence-electron chi connectivity index (χ4n) is 5.95. The lowest BCUT2D eigenvalue weighted by molar-refractivity contribution is -0.225. The minimum absolute atomic E-state index is 0.0605. The van der Waals surface area contributed by atoms with Crippen LogP contribution in [0.1, 0.15) is 46.1 Å². The Bertz CT molecular complexity index is 1130. The largest absolute Gasteiger partial charge is 0.456 e.